The van der Waals surface area contributed by atoms with Crippen molar-refractivity contribution >= 4 is 11.8 Å². The fraction of sp³-hybridized carbons (Fsp3) is 0.385. The fourth-order valence-electron chi connectivity index (χ4n) is 1.46. The summed E-state index contributed by atoms with van der Waals surface area (Å²) >= 11 is 0. The van der Waals surface area contributed by atoms with Crippen molar-refractivity contribution in [3.8, 4) is 5.75 Å². The van der Waals surface area contributed by atoms with Crippen molar-refractivity contribution in [3.05, 3.63) is 29.8 Å². The van der Waals surface area contributed by atoms with Gasteiger partial charge in [-0.2, -0.15) is 5.48 Å². The Balaban J connectivity index is 2.49. The summed E-state index contributed by atoms with van der Waals surface area (Å²) in [6.45, 7) is 3.78. The topological polar surface area (TPSA) is 81.4 Å². The molecule has 1 rings (SSSR count). The number of carbonyl (C=O) groups is 2. The maximum absolute atomic E-state index is 11.7. The zero-order valence-corrected chi connectivity index (χ0v) is 10.6. The number of amides is 2. The summed E-state index contributed by atoms with van der Waals surface area (Å²) in [6, 6.07) is 7.26. The number of benzene rings is 1. The summed E-state index contributed by atoms with van der Waals surface area (Å²) in [5, 5.41) is 0. The summed E-state index contributed by atoms with van der Waals surface area (Å²) in [4.78, 5) is 27.6. The van der Waals surface area contributed by atoms with Crippen LogP contribution in [0.1, 0.15) is 25.3 Å². The summed E-state index contributed by atoms with van der Waals surface area (Å²) < 4.78 is 0. The molecule has 1 atom stereocenters. The average Bonchev–Trinajstić information content (AvgIpc) is 2.34. The average molecular weight is 250 g/mol. The Morgan fingerprint density at radius 2 is 1.94 bits per heavy atom. The standard InChI is InChI=1S/C13H18N2O3/c1-3-10(8-12(14)16)13(17)15-18-11-6-4-9(2)5-7-11/h4-7,10H,3,8H2,1-2H3,(H2,14,16)(H,15,17)/t10-/m1/s1. The van der Waals surface area contributed by atoms with Gasteiger partial charge in [0.05, 0.1) is 0 Å². The third-order valence-electron chi connectivity index (χ3n) is 2.60. The second kappa shape index (κ2) is 6.64. The summed E-state index contributed by atoms with van der Waals surface area (Å²) in [5.41, 5.74) is 8.50. The van der Waals surface area contributed by atoms with Gasteiger partial charge in [0, 0.05) is 12.3 Å². The van der Waals surface area contributed by atoms with Crippen molar-refractivity contribution in [2.75, 3.05) is 0 Å². The fourth-order valence-corrected chi connectivity index (χ4v) is 1.46. The van der Waals surface area contributed by atoms with Gasteiger partial charge in [-0.1, -0.05) is 24.6 Å². The number of primary amides is 1. The van der Waals surface area contributed by atoms with E-state index in [1.807, 2.05) is 26.0 Å². The molecule has 0 bridgehead atoms. The van der Waals surface area contributed by atoms with E-state index in [0.717, 1.165) is 5.56 Å². The highest BCUT2D eigenvalue weighted by molar-refractivity contribution is 5.84. The molecule has 0 aromatic heterocycles. The van der Waals surface area contributed by atoms with Gasteiger partial charge < -0.3 is 10.6 Å². The molecule has 1 aromatic carbocycles. The third kappa shape index (κ3) is 4.45. The largest absolute Gasteiger partial charge is 0.380 e. The molecule has 0 unspecified atom stereocenters. The quantitative estimate of drug-likeness (QED) is 0.747. The Hall–Kier alpha value is -2.04. The van der Waals surface area contributed by atoms with Gasteiger partial charge in [-0.25, -0.2) is 0 Å². The highest BCUT2D eigenvalue weighted by atomic mass is 16.7. The number of nitrogens with two attached hydrogens (primary N) is 1. The van der Waals surface area contributed by atoms with Crippen molar-refractivity contribution < 1.29 is 14.4 Å². The van der Waals surface area contributed by atoms with Crippen LogP contribution in [0, 0.1) is 12.8 Å². The van der Waals surface area contributed by atoms with Crippen LogP contribution in [-0.4, -0.2) is 11.8 Å². The van der Waals surface area contributed by atoms with Crippen LogP contribution in [0.5, 0.6) is 5.75 Å². The van der Waals surface area contributed by atoms with E-state index >= 15 is 0 Å². The van der Waals surface area contributed by atoms with Gasteiger partial charge in [0.1, 0.15) is 0 Å². The normalized spacial score (nSPS) is 11.7. The van der Waals surface area contributed by atoms with Gasteiger partial charge in [0.2, 0.25) is 5.91 Å². The lowest BCUT2D eigenvalue weighted by Gasteiger charge is -2.13. The first kappa shape index (κ1) is 14.0. The minimum Gasteiger partial charge on any atom is -0.380 e. The lowest BCUT2D eigenvalue weighted by Crippen LogP contribution is -2.35. The smallest absolute Gasteiger partial charge is 0.256 e. The van der Waals surface area contributed by atoms with Crippen molar-refractivity contribution in [1.29, 1.82) is 0 Å². The number of hydroxylamine groups is 1. The predicted octanol–water partition coefficient (Wildman–Crippen LogP) is 1.31. The summed E-state index contributed by atoms with van der Waals surface area (Å²) in [6.07, 6.45) is 0.561. The Kier molecular flexibility index (Phi) is 5.17. The Bertz CT molecular complexity index is 415. The van der Waals surface area contributed by atoms with E-state index in [2.05, 4.69) is 5.48 Å². The number of hydrogen-bond acceptors (Lipinski definition) is 3. The van der Waals surface area contributed by atoms with Crippen LogP contribution in [0.3, 0.4) is 0 Å². The minimum absolute atomic E-state index is 0.0274. The van der Waals surface area contributed by atoms with Gasteiger partial charge in [-0.15, -0.1) is 0 Å². The lowest BCUT2D eigenvalue weighted by molar-refractivity contribution is -0.134. The molecule has 0 aliphatic heterocycles. The van der Waals surface area contributed by atoms with Gasteiger partial charge in [-0.3, -0.25) is 9.59 Å². The second-order valence-electron chi connectivity index (χ2n) is 4.16. The number of rotatable bonds is 6. The van der Waals surface area contributed by atoms with Crippen LogP contribution < -0.4 is 16.1 Å². The first-order chi connectivity index (χ1) is 8.52. The van der Waals surface area contributed by atoms with Crippen molar-refractivity contribution in [3.63, 3.8) is 0 Å². The zero-order valence-electron chi connectivity index (χ0n) is 10.6. The Morgan fingerprint density at radius 1 is 1.33 bits per heavy atom. The Labute approximate surface area is 106 Å². The van der Waals surface area contributed by atoms with Crippen molar-refractivity contribution in [2.24, 2.45) is 11.7 Å². The molecule has 1 aromatic rings. The number of nitrogens with one attached hydrogen (secondary N) is 1. The highest BCUT2D eigenvalue weighted by Crippen LogP contribution is 2.12. The molecule has 0 radical (unpaired) electrons. The highest BCUT2D eigenvalue weighted by Gasteiger charge is 2.19. The van der Waals surface area contributed by atoms with Gasteiger partial charge >= 0.3 is 0 Å². The van der Waals surface area contributed by atoms with Gasteiger partial charge in [-0.05, 0) is 25.5 Å². The minimum atomic E-state index is -0.493. The molecule has 0 heterocycles. The molecule has 0 aliphatic carbocycles. The third-order valence-corrected chi connectivity index (χ3v) is 2.60. The number of aryl methyl sites for hydroxylation is 1. The lowest BCUT2D eigenvalue weighted by atomic mass is 10.0. The van der Waals surface area contributed by atoms with Crippen LogP contribution in [0.4, 0.5) is 0 Å². The molecule has 0 fully saturated rings. The molecule has 0 saturated heterocycles. The molecule has 98 valence electrons. The number of hydrogen-bond donors (Lipinski definition) is 2. The second-order valence-corrected chi connectivity index (χ2v) is 4.16. The van der Waals surface area contributed by atoms with E-state index in [9.17, 15) is 9.59 Å². The van der Waals surface area contributed by atoms with E-state index in [0.29, 0.717) is 12.2 Å². The number of carbonyl (C=O) groups excluding carboxylic acids is 2. The molecule has 0 saturated carbocycles. The van der Waals surface area contributed by atoms with Crippen LogP contribution in [0.2, 0.25) is 0 Å². The van der Waals surface area contributed by atoms with Crippen LogP contribution in [0.25, 0.3) is 0 Å². The van der Waals surface area contributed by atoms with Crippen molar-refractivity contribution in [1.82, 2.24) is 5.48 Å². The zero-order chi connectivity index (χ0) is 13.5. The van der Waals surface area contributed by atoms with E-state index in [1.165, 1.54) is 0 Å². The van der Waals surface area contributed by atoms with Gasteiger partial charge in [0.15, 0.2) is 5.75 Å². The van der Waals surface area contributed by atoms with E-state index in [-0.39, 0.29) is 12.3 Å². The maximum atomic E-state index is 11.7. The predicted molar refractivity (Wildman–Crippen MR) is 67.5 cm³/mol. The summed E-state index contributed by atoms with van der Waals surface area (Å²) in [5.74, 6) is -0.736. The molecular weight excluding hydrogens is 232 g/mol. The van der Waals surface area contributed by atoms with E-state index < -0.39 is 11.8 Å². The first-order valence-corrected chi connectivity index (χ1v) is 5.84. The van der Waals surface area contributed by atoms with Crippen LogP contribution in [0.15, 0.2) is 24.3 Å². The summed E-state index contributed by atoms with van der Waals surface area (Å²) in [7, 11) is 0. The SMILES string of the molecule is CC[C@H](CC(N)=O)C(=O)NOc1ccc(C)cc1. The molecule has 5 nitrogen and oxygen atoms in total. The van der Waals surface area contributed by atoms with Crippen LogP contribution in [-0.2, 0) is 9.59 Å². The molecule has 3 N–H and O–H groups in total. The molecule has 18 heavy (non-hydrogen) atoms. The molecular formula is C13H18N2O3. The molecule has 0 aliphatic rings. The first-order valence-electron chi connectivity index (χ1n) is 5.84. The van der Waals surface area contributed by atoms with Crippen molar-refractivity contribution in [2.45, 2.75) is 26.7 Å². The van der Waals surface area contributed by atoms with E-state index in [1.54, 1.807) is 12.1 Å². The van der Waals surface area contributed by atoms with Gasteiger partial charge in [0.25, 0.3) is 5.91 Å². The van der Waals surface area contributed by atoms with E-state index in [4.69, 9.17) is 10.6 Å². The molecule has 5 heteroatoms. The Morgan fingerprint density at radius 3 is 2.44 bits per heavy atom. The monoisotopic (exact) mass is 250 g/mol. The molecule has 2 amide bonds. The van der Waals surface area contributed by atoms with Crippen LogP contribution >= 0.6 is 0 Å². The molecule has 0 spiro atoms. The maximum Gasteiger partial charge on any atom is 0.256 e.